The molecule has 0 aromatic carbocycles. The van der Waals surface area contributed by atoms with Crippen molar-refractivity contribution in [1.29, 1.82) is 0 Å². The van der Waals surface area contributed by atoms with Crippen LogP contribution in [0.4, 0.5) is 5.82 Å². The standard InChI is InChI=1S/C7H10N4O/c8-6-5(4-9-10-6)7(12)11-2-1-3-11/h4H,1-3H2,(H3,8,9,10). The quantitative estimate of drug-likeness (QED) is 0.608. The van der Waals surface area contributed by atoms with Crippen molar-refractivity contribution in [2.24, 2.45) is 0 Å². The molecular formula is C7H10N4O. The zero-order chi connectivity index (χ0) is 8.55. The van der Waals surface area contributed by atoms with E-state index in [4.69, 9.17) is 5.73 Å². The van der Waals surface area contributed by atoms with Crippen LogP contribution in [0.3, 0.4) is 0 Å². The molecule has 1 fully saturated rings. The van der Waals surface area contributed by atoms with Crippen molar-refractivity contribution in [2.45, 2.75) is 6.42 Å². The van der Waals surface area contributed by atoms with Gasteiger partial charge in [0.15, 0.2) is 0 Å². The number of nitrogens with two attached hydrogens (primary N) is 1. The van der Waals surface area contributed by atoms with Crippen molar-refractivity contribution in [1.82, 2.24) is 15.1 Å². The molecule has 2 heterocycles. The number of carbonyl (C=O) groups excluding carboxylic acids is 1. The molecule has 0 unspecified atom stereocenters. The van der Waals surface area contributed by atoms with E-state index in [0.717, 1.165) is 19.5 Å². The highest BCUT2D eigenvalue weighted by Crippen LogP contribution is 2.14. The molecule has 3 N–H and O–H groups in total. The first kappa shape index (κ1) is 7.15. The van der Waals surface area contributed by atoms with Crippen LogP contribution in [-0.2, 0) is 0 Å². The molecular weight excluding hydrogens is 156 g/mol. The Morgan fingerprint density at radius 1 is 1.67 bits per heavy atom. The number of rotatable bonds is 1. The van der Waals surface area contributed by atoms with Crippen LogP contribution in [0.15, 0.2) is 6.20 Å². The molecule has 2 rings (SSSR count). The van der Waals surface area contributed by atoms with Gasteiger partial charge in [0.1, 0.15) is 11.4 Å². The fourth-order valence-electron chi connectivity index (χ4n) is 1.16. The minimum absolute atomic E-state index is 0.0208. The van der Waals surface area contributed by atoms with Gasteiger partial charge in [-0.2, -0.15) is 5.10 Å². The normalized spacial score (nSPS) is 15.8. The second-order valence-corrected chi connectivity index (χ2v) is 2.84. The van der Waals surface area contributed by atoms with Crippen LogP contribution in [0.1, 0.15) is 16.8 Å². The Kier molecular flexibility index (Phi) is 1.49. The van der Waals surface area contributed by atoms with Crippen molar-refractivity contribution >= 4 is 11.7 Å². The van der Waals surface area contributed by atoms with Crippen LogP contribution >= 0.6 is 0 Å². The van der Waals surface area contributed by atoms with Crippen molar-refractivity contribution < 1.29 is 4.79 Å². The molecule has 1 amide bonds. The van der Waals surface area contributed by atoms with Gasteiger partial charge in [0.05, 0.1) is 6.20 Å². The highest BCUT2D eigenvalue weighted by atomic mass is 16.2. The molecule has 0 saturated carbocycles. The van der Waals surface area contributed by atoms with Crippen LogP contribution in [0.2, 0.25) is 0 Å². The summed E-state index contributed by atoms with van der Waals surface area (Å²) in [6.45, 7) is 1.67. The lowest BCUT2D eigenvalue weighted by Crippen LogP contribution is -2.42. The van der Waals surface area contributed by atoms with Gasteiger partial charge in [0.2, 0.25) is 0 Å². The molecule has 0 radical (unpaired) electrons. The second kappa shape index (κ2) is 2.51. The van der Waals surface area contributed by atoms with Crippen molar-refractivity contribution in [3.63, 3.8) is 0 Å². The Balaban J connectivity index is 2.19. The number of aromatic nitrogens is 2. The maximum absolute atomic E-state index is 11.5. The highest BCUT2D eigenvalue weighted by molar-refractivity contribution is 5.98. The number of hydrogen-bond donors (Lipinski definition) is 2. The average Bonchev–Trinajstić information content (AvgIpc) is 2.31. The summed E-state index contributed by atoms with van der Waals surface area (Å²) in [4.78, 5) is 13.2. The third kappa shape index (κ3) is 0.939. The number of nitrogens with one attached hydrogen (secondary N) is 1. The molecule has 12 heavy (non-hydrogen) atoms. The van der Waals surface area contributed by atoms with Crippen LogP contribution in [0.25, 0.3) is 0 Å². The highest BCUT2D eigenvalue weighted by Gasteiger charge is 2.23. The van der Waals surface area contributed by atoms with E-state index in [0.29, 0.717) is 11.4 Å². The number of hydrogen-bond acceptors (Lipinski definition) is 3. The van der Waals surface area contributed by atoms with E-state index in [-0.39, 0.29) is 5.91 Å². The van der Waals surface area contributed by atoms with Crippen LogP contribution in [0.5, 0.6) is 0 Å². The Bertz CT molecular complexity index is 302. The maximum Gasteiger partial charge on any atom is 0.259 e. The number of anilines is 1. The number of aromatic amines is 1. The summed E-state index contributed by atoms with van der Waals surface area (Å²) in [6, 6.07) is 0. The summed E-state index contributed by atoms with van der Waals surface area (Å²) in [5.41, 5.74) is 5.97. The van der Waals surface area contributed by atoms with Gasteiger partial charge >= 0.3 is 0 Å². The lowest BCUT2D eigenvalue weighted by Gasteiger charge is -2.30. The van der Waals surface area contributed by atoms with E-state index in [1.54, 1.807) is 4.90 Å². The fourth-order valence-corrected chi connectivity index (χ4v) is 1.16. The van der Waals surface area contributed by atoms with Crippen molar-refractivity contribution in [3.8, 4) is 0 Å². The molecule has 1 aromatic rings. The molecule has 5 nitrogen and oxygen atoms in total. The SMILES string of the molecule is Nc1[nH]ncc1C(=O)N1CCC1. The van der Waals surface area contributed by atoms with Gasteiger partial charge in [-0.05, 0) is 6.42 Å². The molecule has 1 aromatic heterocycles. The van der Waals surface area contributed by atoms with Crippen molar-refractivity contribution in [3.05, 3.63) is 11.8 Å². The van der Waals surface area contributed by atoms with Crippen molar-refractivity contribution in [2.75, 3.05) is 18.8 Å². The summed E-state index contributed by atoms with van der Waals surface area (Å²) in [5.74, 6) is 0.333. The molecule has 64 valence electrons. The Hall–Kier alpha value is -1.52. The molecule has 1 aliphatic heterocycles. The van der Waals surface area contributed by atoms with Crippen LogP contribution < -0.4 is 5.73 Å². The Labute approximate surface area is 69.5 Å². The molecule has 0 aliphatic carbocycles. The number of likely N-dealkylation sites (tertiary alicyclic amines) is 1. The van der Waals surface area contributed by atoms with Gasteiger partial charge in [-0.25, -0.2) is 0 Å². The zero-order valence-electron chi connectivity index (χ0n) is 6.58. The number of amides is 1. The molecule has 1 saturated heterocycles. The van der Waals surface area contributed by atoms with Gasteiger partial charge in [-0.15, -0.1) is 0 Å². The number of H-pyrrole nitrogens is 1. The summed E-state index contributed by atoms with van der Waals surface area (Å²) in [5, 5.41) is 6.22. The largest absolute Gasteiger partial charge is 0.383 e. The molecule has 1 aliphatic rings. The van der Waals surface area contributed by atoms with E-state index in [1.165, 1.54) is 6.20 Å². The van der Waals surface area contributed by atoms with Gasteiger partial charge in [0.25, 0.3) is 5.91 Å². The number of nitrogens with zero attached hydrogens (tertiary/aromatic N) is 2. The third-order valence-electron chi connectivity index (χ3n) is 2.04. The monoisotopic (exact) mass is 166 g/mol. The summed E-state index contributed by atoms with van der Waals surface area (Å²) in [6.07, 6.45) is 2.56. The maximum atomic E-state index is 11.5. The Morgan fingerprint density at radius 2 is 2.42 bits per heavy atom. The van der Waals surface area contributed by atoms with E-state index in [1.807, 2.05) is 0 Å². The lowest BCUT2D eigenvalue weighted by molar-refractivity contribution is 0.0653. The van der Waals surface area contributed by atoms with Gasteiger partial charge in [-0.1, -0.05) is 0 Å². The third-order valence-corrected chi connectivity index (χ3v) is 2.04. The first-order valence-electron chi connectivity index (χ1n) is 3.87. The molecule has 0 spiro atoms. The van der Waals surface area contributed by atoms with Crippen LogP contribution in [0, 0.1) is 0 Å². The van der Waals surface area contributed by atoms with Gasteiger partial charge in [0, 0.05) is 13.1 Å². The molecule has 0 bridgehead atoms. The minimum atomic E-state index is -0.0208. The fraction of sp³-hybridized carbons (Fsp3) is 0.429. The average molecular weight is 166 g/mol. The van der Waals surface area contributed by atoms with E-state index in [9.17, 15) is 4.79 Å². The number of nitrogen functional groups attached to an aromatic ring is 1. The first-order valence-corrected chi connectivity index (χ1v) is 3.87. The minimum Gasteiger partial charge on any atom is -0.383 e. The lowest BCUT2D eigenvalue weighted by atomic mass is 10.2. The smallest absolute Gasteiger partial charge is 0.259 e. The summed E-state index contributed by atoms with van der Waals surface area (Å²) >= 11 is 0. The topological polar surface area (TPSA) is 75.0 Å². The van der Waals surface area contributed by atoms with E-state index in [2.05, 4.69) is 10.2 Å². The van der Waals surface area contributed by atoms with E-state index >= 15 is 0 Å². The molecule has 5 heteroatoms. The van der Waals surface area contributed by atoms with Gasteiger partial charge < -0.3 is 10.6 Å². The van der Waals surface area contributed by atoms with E-state index < -0.39 is 0 Å². The predicted octanol–water partition coefficient (Wildman–Crippen LogP) is -0.162. The summed E-state index contributed by atoms with van der Waals surface area (Å²) in [7, 11) is 0. The first-order chi connectivity index (χ1) is 5.79. The predicted molar refractivity (Wildman–Crippen MR) is 43.5 cm³/mol. The zero-order valence-corrected chi connectivity index (χ0v) is 6.58. The van der Waals surface area contributed by atoms with Crippen LogP contribution in [-0.4, -0.2) is 34.1 Å². The second-order valence-electron chi connectivity index (χ2n) is 2.84. The number of carbonyl (C=O) groups is 1. The summed E-state index contributed by atoms with van der Waals surface area (Å²) < 4.78 is 0. The molecule has 0 atom stereocenters. The van der Waals surface area contributed by atoms with Gasteiger partial charge in [-0.3, -0.25) is 9.89 Å². The Morgan fingerprint density at radius 3 is 2.83 bits per heavy atom.